The lowest BCUT2D eigenvalue weighted by Gasteiger charge is -2.00. The summed E-state index contributed by atoms with van der Waals surface area (Å²) in [6, 6.07) is 19.8. The van der Waals surface area contributed by atoms with E-state index in [1.165, 1.54) is 36.0 Å². The Morgan fingerprint density at radius 2 is 1.69 bits per heavy atom. The van der Waals surface area contributed by atoms with E-state index in [9.17, 15) is 14.4 Å². The molecule has 6 nitrogen and oxygen atoms in total. The number of ketones is 1. The number of nitrogens with zero attached hydrogens (tertiary/aromatic N) is 1. The zero-order chi connectivity index (χ0) is 20.4. The molecular formula is C22H14N2O4S. The number of thioether (sulfide) groups is 1. The molecule has 1 fully saturated rings. The number of hydrogen-bond donors (Lipinski definition) is 2. The zero-order valence-corrected chi connectivity index (χ0v) is 15.8. The number of carboxylic acids is 1. The maximum Gasteiger partial charge on any atom is 0.377 e. The van der Waals surface area contributed by atoms with Crippen molar-refractivity contribution in [3.63, 3.8) is 0 Å². The normalized spacial score (nSPS) is 16.3. The summed E-state index contributed by atoms with van der Waals surface area (Å²) in [5.74, 6) is -2.72. The quantitative estimate of drug-likeness (QED) is 0.391. The number of amides is 1. The number of amidine groups is 1. The first kappa shape index (κ1) is 18.6. The van der Waals surface area contributed by atoms with Gasteiger partial charge in [-0.15, -0.1) is 0 Å². The molecule has 2 N–H and O–H groups in total. The molecule has 142 valence electrons. The number of nitrogens with one attached hydrogen (secondary N) is 1. The average molecular weight is 402 g/mol. The van der Waals surface area contributed by atoms with Crippen LogP contribution >= 0.6 is 11.8 Å². The average Bonchev–Trinajstić information content (AvgIpc) is 3.06. The minimum atomic E-state index is -1.51. The lowest BCUT2D eigenvalue weighted by atomic mass is 10.1. The molecule has 0 atom stereocenters. The zero-order valence-electron chi connectivity index (χ0n) is 15.0. The van der Waals surface area contributed by atoms with Gasteiger partial charge in [0.25, 0.3) is 11.7 Å². The molecule has 0 aliphatic carbocycles. The first-order valence-corrected chi connectivity index (χ1v) is 9.47. The molecule has 7 heteroatoms. The third-order valence-electron chi connectivity index (χ3n) is 4.28. The Bertz CT molecular complexity index is 1210. The molecule has 1 aliphatic heterocycles. The van der Waals surface area contributed by atoms with Gasteiger partial charge in [0.15, 0.2) is 5.17 Å². The van der Waals surface area contributed by atoms with E-state index in [1.54, 1.807) is 0 Å². The van der Waals surface area contributed by atoms with Crippen molar-refractivity contribution in [1.82, 2.24) is 5.32 Å². The Morgan fingerprint density at radius 3 is 2.41 bits per heavy atom. The molecule has 1 aliphatic rings. The summed E-state index contributed by atoms with van der Waals surface area (Å²) in [5.41, 5.74) is 1.49. The van der Waals surface area contributed by atoms with Crippen molar-refractivity contribution in [3.8, 4) is 0 Å². The Hall–Kier alpha value is -3.71. The number of benzene rings is 3. The number of carboxylic acid groups (broad SMARTS) is 1. The molecule has 1 saturated heterocycles. The summed E-state index contributed by atoms with van der Waals surface area (Å²) in [6.45, 7) is 0. The van der Waals surface area contributed by atoms with Gasteiger partial charge < -0.3 is 10.4 Å². The smallest absolute Gasteiger partial charge is 0.377 e. The Balaban J connectivity index is 1.54. The molecule has 3 aromatic rings. The van der Waals surface area contributed by atoms with E-state index in [2.05, 4.69) is 10.3 Å². The molecule has 0 saturated carbocycles. The number of carbonyl (C=O) groups is 3. The Labute approximate surface area is 170 Å². The van der Waals surface area contributed by atoms with E-state index in [1.807, 2.05) is 48.5 Å². The summed E-state index contributed by atoms with van der Waals surface area (Å²) in [4.78, 5) is 39.3. The van der Waals surface area contributed by atoms with Gasteiger partial charge in [-0.25, -0.2) is 9.79 Å². The minimum absolute atomic E-state index is 0.0708. The fraction of sp³-hybridized carbons (Fsp3) is 0. The van der Waals surface area contributed by atoms with Crippen molar-refractivity contribution in [2.75, 3.05) is 0 Å². The van der Waals surface area contributed by atoms with Crippen molar-refractivity contribution in [2.45, 2.75) is 0 Å². The van der Waals surface area contributed by atoms with Gasteiger partial charge in [-0.1, -0.05) is 36.4 Å². The second-order valence-electron chi connectivity index (χ2n) is 6.27. The van der Waals surface area contributed by atoms with Gasteiger partial charge in [-0.05, 0) is 64.5 Å². The number of aliphatic imine (C=N–C) groups is 1. The van der Waals surface area contributed by atoms with Crippen LogP contribution in [0, 0.1) is 0 Å². The molecule has 1 heterocycles. The molecule has 0 unspecified atom stereocenters. The van der Waals surface area contributed by atoms with Gasteiger partial charge in [0.1, 0.15) is 0 Å². The van der Waals surface area contributed by atoms with E-state index in [-0.39, 0.29) is 11.5 Å². The number of hydrogen-bond acceptors (Lipinski definition) is 5. The highest BCUT2D eigenvalue weighted by Gasteiger charge is 2.24. The molecule has 0 spiro atoms. The van der Waals surface area contributed by atoms with Crippen LogP contribution in [0.4, 0.5) is 5.69 Å². The number of rotatable bonds is 4. The first-order chi connectivity index (χ1) is 14.0. The van der Waals surface area contributed by atoms with Crippen LogP contribution in [0.1, 0.15) is 15.9 Å². The van der Waals surface area contributed by atoms with E-state index < -0.39 is 11.8 Å². The van der Waals surface area contributed by atoms with Crippen LogP contribution in [0.3, 0.4) is 0 Å². The SMILES string of the molecule is O=C(O)C(=O)c1ccc(N=C2NC(=O)/C(=C/c3ccc4ccccc4c3)S2)cc1. The standard InChI is InChI=1S/C22H14N2O4S/c25-19(21(27)28)15-7-9-17(10-8-15)23-22-24-20(26)18(29-22)12-13-5-6-14-3-1-2-4-16(14)11-13/h1-12H,(H,27,28)(H,23,24,26)/b18-12-. The molecule has 0 aromatic heterocycles. The van der Waals surface area contributed by atoms with Gasteiger partial charge in [-0.2, -0.15) is 0 Å². The topological polar surface area (TPSA) is 95.8 Å². The van der Waals surface area contributed by atoms with E-state index >= 15 is 0 Å². The van der Waals surface area contributed by atoms with Gasteiger partial charge in [0, 0.05) is 5.56 Å². The number of carbonyl (C=O) groups excluding carboxylic acids is 2. The van der Waals surface area contributed by atoms with Gasteiger partial charge in [-0.3, -0.25) is 9.59 Å². The summed E-state index contributed by atoms with van der Waals surface area (Å²) in [6.07, 6.45) is 1.81. The number of fused-ring (bicyclic) bond motifs is 1. The van der Waals surface area contributed by atoms with Crippen LogP contribution in [0.25, 0.3) is 16.8 Å². The molecule has 0 bridgehead atoms. The number of Topliss-reactive ketones (excluding diaryl/α,β-unsaturated/α-hetero) is 1. The van der Waals surface area contributed by atoms with Crippen LogP contribution < -0.4 is 5.32 Å². The third kappa shape index (κ3) is 4.09. The van der Waals surface area contributed by atoms with Crippen LogP contribution in [0.15, 0.2) is 76.6 Å². The fourth-order valence-electron chi connectivity index (χ4n) is 2.86. The maximum absolute atomic E-state index is 12.3. The second-order valence-corrected chi connectivity index (χ2v) is 7.30. The van der Waals surface area contributed by atoms with Crippen molar-refractivity contribution in [2.24, 2.45) is 4.99 Å². The predicted molar refractivity (Wildman–Crippen MR) is 113 cm³/mol. The summed E-state index contributed by atoms with van der Waals surface area (Å²) < 4.78 is 0. The van der Waals surface area contributed by atoms with Crippen LogP contribution in [0.2, 0.25) is 0 Å². The van der Waals surface area contributed by atoms with Crippen molar-refractivity contribution in [3.05, 3.63) is 82.8 Å². The maximum atomic E-state index is 12.3. The van der Waals surface area contributed by atoms with Gasteiger partial charge >= 0.3 is 5.97 Å². The fourth-order valence-corrected chi connectivity index (χ4v) is 3.70. The lowest BCUT2D eigenvalue weighted by Crippen LogP contribution is -2.19. The highest BCUT2D eigenvalue weighted by atomic mass is 32.2. The van der Waals surface area contributed by atoms with Gasteiger partial charge in [0.2, 0.25) is 0 Å². The summed E-state index contributed by atoms with van der Waals surface area (Å²) >= 11 is 1.22. The van der Waals surface area contributed by atoms with Crippen LogP contribution in [0.5, 0.6) is 0 Å². The molecule has 3 aromatic carbocycles. The van der Waals surface area contributed by atoms with Crippen LogP contribution in [-0.2, 0) is 9.59 Å². The van der Waals surface area contributed by atoms with E-state index in [4.69, 9.17) is 5.11 Å². The summed E-state index contributed by atoms with van der Waals surface area (Å²) in [5, 5.41) is 14.1. The molecule has 0 radical (unpaired) electrons. The predicted octanol–water partition coefficient (Wildman–Crippen LogP) is 4.00. The van der Waals surface area contributed by atoms with Crippen molar-refractivity contribution < 1.29 is 19.5 Å². The summed E-state index contributed by atoms with van der Waals surface area (Å²) in [7, 11) is 0. The highest BCUT2D eigenvalue weighted by Crippen LogP contribution is 2.29. The van der Waals surface area contributed by atoms with Crippen LogP contribution in [-0.4, -0.2) is 27.9 Å². The van der Waals surface area contributed by atoms with Gasteiger partial charge in [0.05, 0.1) is 10.6 Å². The lowest BCUT2D eigenvalue weighted by molar-refractivity contribution is -0.131. The van der Waals surface area contributed by atoms with E-state index in [0.29, 0.717) is 15.8 Å². The molecule has 1 amide bonds. The monoisotopic (exact) mass is 402 g/mol. The minimum Gasteiger partial charge on any atom is -0.475 e. The Morgan fingerprint density at radius 1 is 0.966 bits per heavy atom. The first-order valence-electron chi connectivity index (χ1n) is 8.66. The van der Waals surface area contributed by atoms with Crippen molar-refractivity contribution >= 4 is 57.1 Å². The highest BCUT2D eigenvalue weighted by molar-refractivity contribution is 8.18. The second kappa shape index (κ2) is 7.73. The van der Waals surface area contributed by atoms with Crippen molar-refractivity contribution in [1.29, 1.82) is 0 Å². The number of aliphatic carboxylic acids is 1. The largest absolute Gasteiger partial charge is 0.475 e. The Kier molecular flexibility index (Phi) is 4.97. The molecule has 29 heavy (non-hydrogen) atoms. The molecule has 4 rings (SSSR count). The third-order valence-corrected chi connectivity index (χ3v) is 5.19. The molecular weight excluding hydrogens is 388 g/mol. The van der Waals surface area contributed by atoms with E-state index in [0.717, 1.165) is 16.3 Å².